The van der Waals surface area contributed by atoms with Crippen LogP contribution in [0.2, 0.25) is 0 Å². The van der Waals surface area contributed by atoms with E-state index in [1.165, 1.54) is 31.3 Å². The second-order valence-electron chi connectivity index (χ2n) is 6.32. The van der Waals surface area contributed by atoms with Gasteiger partial charge in [0, 0.05) is 25.7 Å². The number of hydrogen-bond donors (Lipinski definition) is 1. The Kier molecular flexibility index (Phi) is 5.00. The Morgan fingerprint density at radius 3 is 2.37 bits per heavy atom. The van der Waals surface area contributed by atoms with E-state index >= 15 is 0 Å². The van der Waals surface area contributed by atoms with E-state index < -0.39 is 21.8 Å². The molecule has 0 radical (unpaired) electrons. The van der Waals surface area contributed by atoms with Crippen molar-refractivity contribution in [1.29, 1.82) is 0 Å². The van der Waals surface area contributed by atoms with Crippen molar-refractivity contribution in [2.45, 2.75) is 30.5 Å². The topological polar surface area (TPSA) is 66.5 Å². The Hall–Kier alpha value is -2.39. The molecule has 0 fully saturated rings. The molecule has 1 N–H and O–H groups in total. The summed E-state index contributed by atoms with van der Waals surface area (Å²) in [7, 11) is -2.46. The number of alkyl halides is 3. The van der Waals surface area contributed by atoms with Crippen LogP contribution in [-0.4, -0.2) is 25.7 Å². The van der Waals surface area contributed by atoms with Gasteiger partial charge in [-0.3, -0.25) is 4.79 Å². The van der Waals surface area contributed by atoms with Crippen LogP contribution in [0.3, 0.4) is 0 Å². The van der Waals surface area contributed by atoms with E-state index in [0.717, 1.165) is 22.0 Å². The quantitative estimate of drug-likeness (QED) is 0.858. The molecule has 9 heteroatoms. The maximum absolute atomic E-state index is 12.8. The molecule has 1 heterocycles. The van der Waals surface area contributed by atoms with Crippen LogP contribution in [0, 0.1) is 0 Å². The number of sulfonamides is 1. The fourth-order valence-electron chi connectivity index (χ4n) is 2.84. The van der Waals surface area contributed by atoms with Gasteiger partial charge in [0.25, 0.3) is 0 Å². The van der Waals surface area contributed by atoms with Crippen molar-refractivity contribution in [2.75, 3.05) is 12.4 Å². The van der Waals surface area contributed by atoms with E-state index in [1.54, 1.807) is 6.07 Å². The highest BCUT2D eigenvalue weighted by Crippen LogP contribution is 2.30. The third kappa shape index (κ3) is 4.14. The van der Waals surface area contributed by atoms with Crippen LogP contribution in [0.5, 0.6) is 0 Å². The molecule has 0 unspecified atom stereocenters. The molecule has 2 aromatic rings. The highest BCUT2D eigenvalue weighted by atomic mass is 32.2. The number of fused-ring (bicyclic) bond motifs is 1. The minimum atomic E-state index is -4.44. The number of carbonyl (C=O) groups is 1. The third-order valence-electron chi connectivity index (χ3n) is 4.37. The van der Waals surface area contributed by atoms with Gasteiger partial charge in [0.05, 0.1) is 10.5 Å². The average molecular weight is 398 g/mol. The maximum atomic E-state index is 12.8. The van der Waals surface area contributed by atoms with Crippen molar-refractivity contribution in [2.24, 2.45) is 0 Å². The van der Waals surface area contributed by atoms with Gasteiger partial charge in [0.1, 0.15) is 0 Å². The normalized spacial score (nSPS) is 14.8. The van der Waals surface area contributed by atoms with Gasteiger partial charge in [-0.2, -0.15) is 17.5 Å². The largest absolute Gasteiger partial charge is 0.416 e. The van der Waals surface area contributed by atoms with Crippen LogP contribution in [0.15, 0.2) is 47.4 Å². The fraction of sp³-hybridized carbons (Fsp3) is 0.278. The first-order valence-electron chi connectivity index (χ1n) is 8.12. The van der Waals surface area contributed by atoms with Crippen LogP contribution in [-0.2, 0) is 34.0 Å². The van der Waals surface area contributed by atoms with Crippen molar-refractivity contribution in [3.05, 3.63) is 59.2 Å². The van der Waals surface area contributed by atoms with Crippen molar-refractivity contribution in [3.8, 4) is 0 Å². The minimum absolute atomic E-state index is 0.0612. The Morgan fingerprint density at radius 1 is 1.07 bits per heavy atom. The molecule has 0 aromatic heterocycles. The van der Waals surface area contributed by atoms with Crippen LogP contribution in [0.1, 0.15) is 23.1 Å². The SMILES string of the molecule is CN(Cc1ccc(C(F)(F)F)cc1)S(=O)(=O)c1ccc2c(c1)CCC(=O)N2. The lowest BCUT2D eigenvalue weighted by Crippen LogP contribution is -2.27. The number of rotatable bonds is 4. The standard InChI is InChI=1S/C18H17F3N2O3S/c1-23(11-12-2-5-14(6-3-12)18(19,20)21)27(25,26)15-7-8-16-13(10-15)4-9-17(24)22-16/h2-3,5-8,10H,4,9,11H2,1H3,(H,22,24). The molecule has 144 valence electrons. The number of amides is 1. The molecule has 5 nitrogen and oxygen atoms in total. The molecule has 0 spiro atoms. The van der Waals surface area contributed by atoms with Gasteiger partial charge < -0.3 is 5.32 Å². The van der Waals surface area contributed by atoms with E-state index in [9.17, 15) is 26.4 Å². The Morgan fingerprint density at radius 2 is 1.74 bits per heavy atom. The predicted molar refractivity (Wildman–Crippen MR) is 93.5 cm³/mol. The molecule has 0 saturated heterocycles. The smallest absolute Gasteiger partial charge is 0.326 e. The van der Waals surface area contributed by atoms with Gasteiger partial charge in [-0.05, 0) is 47.9 Å². The summed E-state index contributed by atoms with van der Waals surface area (Å²) in [5.74, 6) is -0.113. The number of aryl methyl sites for hydroxylation is 1. The maximum Gasteiger partial charge on any atom is 0.416 e. The van der Waals surface area contributed by atoms with E-state index in [4.69, 9.17) is 0 Å². The number of hydrogen-bond acceptors (Lipinski definition) is 3. The molecule has 1 aliphatic rings. The summed E-state index contributed by atoms with van der Waals surface area (Å²) in [6.07, 6.45) is -3.69. The zero-order chi connectivity index (χ0) is 19.8. The van der Waals surface area contributed by atoms with Gasteiger partial charge in [0.15, 0.2) is 0 Å². The van der Waals surface area contributed by atoms with Crippen molar-refractivity contribution in [1.82, 2.24) is 4.31 Å². The zero-order valence-electron chi connectivity index (χ0n) is 14.4. The van der Waals surface area contributed by atoms with E-state index in [-0.39, 0.29) is 23.8 Å². The Bertz CT molecular complexity index is 970. The summed E-state index contributed by atoms with van der Waals surface area (Å²) >= 11 is 0. The molecule has 0 aliphatic carbocycles. The van der Waals surface area contributed by atoms with E-state index in [0.29, 0.717) is 17.7 Å². The summed E-state index contributed by atoms with van der Waals surface area (Å²) in [4.78, 5) is 11.5. The highest BCUT2D eigenvalue weighted by Gasteiger charge is 2.30. The van der Waals surface area contributed by atoms with Crippen LogP contribution >= 0.6 is 0 Å². The predicted octanol–water partition coefficient (Wildman–Crippen LogP) is 3.41. The summed E-state index contributed by atoms with van der Waals surface area (Å²) < 4.78 is 64.5. The molecule has 3 rings (SSSR count). The molecule has 1 aliphatic heterocycles. The fourth-order valence-corrected chi connectivity index (χ4v) is 4.05. The van der Waals surface area contributed by atoms with Crippen LogP contribution < -0.4 is 5.32 Å². The van der Waals surface area contributed by atoms with Gasteiger partial charge in [-0.15, -0.1) is 0 Å². The number of nitrogens with zero attached hydrogens (tertiary/aromatic N) is 1. The minimum Gasteiger partial charge on any atom is -0.326 e. The molecule has 0 bridgehead atoms. The van der Waals surface area contributed by atoms with Crippen LogP contribution in [0.25, 0.3) is 0 Å². The molecule has 0 atom stereocenters. The van der Waals surface area contributed by atoms with E-state index in [1.807, 2.05) is 0 Å². The highest BCUT2D eigenvalue weighted by molar-refractivity contribution is 7.89. The van der Waals surface area contributed by atoms with Gasteiger partial charge in [-0.1, -0.05) is 12.1 Å². The van der Waals surface area contributed by atoms with Gasteiger partial charge >= 0.3 is 6.18 Å². The summed E-state index contributed by atoms with van der Waals surface area (Å²) in [5, 5.41) is 2.69. The first-order chi connectivity index (χ1) is 12.6. The average Bonchev–Trinajstić information content (AvgIpc) is 2.60. The lowest BCUT2D eigenvalue weighted by molar-refractivity contribution is -0.137. The molecule has 1 amide bonds. The summed E-state index contributed by atoms with van der Waals surface area (Å²) in [5.41, 5.74) is 0.988. The first-order valence-corrected chi connectivity index (χ1v) is 9.56. The summed E-state index contributed by atoms with van der Waals surface area (Å²) in [6.45, 7) is -0.0612. The van der Waals surface area contributed by atoms with E-state index in [2.05, 4.69) is 5.32 Å². The van der Waals surface area contributed by atoms with Crippen LogP contribution in [0.4, 0.5) is 18.9 Å². The monoisotopic (exact) mass is 398 g/mol. The molecular formula is C18H17F3N2O3S. The number of anilines is 1. The second kappa shape index (κ2) is 6.97. The lowest BCUT2D eigenvalue weighted by Gasteiger charge is -2.21. The zero-order valence-corrected chi connectivity index (χ0v) is 15.2. The van der Waals surface area contributed by atoms with Gasteiger partial charge in [0.2, 0.25) is 15.9 Å². The van der Waals surface area contributed by atoms with Crippen molar-refractivity contribution >= 4 is 21.6 Å². The third-order valence-corrected chi connectivity index (χ3v) is 6.17. The van der Waals surface area contributed by atoms with Gasteiger partial charge in [-0.25, -0.2) is 8.42 Å². The summed E-state index contributed by atoms with van der Waals surface area (Å²) in [6, 6.07) is 8.85. The Balaban J connectivity index is 1.79. The molecule has 27 heavy (non-hydrogen) atoms. The Labute approximate surface area is 154 Å². The molecular weight excluding hydrogens is 381 g/mol. The number of benzene rings is 2. The lowest BCUT2D eigenvalue weighted by atomic mass is 10.0. The van der Waals surface area contributed by atoms with Crippen molar-refractivity contribution in [3.63, 3.8) is 0 Å². The number of halogens is 3. The first kappa shape index (κ1) is 19.4. The second-order valence-corrected chi connectivity index (χ2v) is 8.37. The number of carbonyl (C=O) groups excluding carboxylic acids is 1. The number of nitrogens with one attached hydrogen (secondary N) is 1. The molecule has 2 aromatic carbocycles. The van der Waals surface area contributed by atoms with Crippen molar-refractivity contribution < 1.29 is 26.4 Å². The molecule has 0 saturated carbocycles.